The van der Waals surface area contributed by atoms with Gasteiger partial charge in [-0.05, 0) is 13.0 Å². The third-order valence-corrected chi connectivity index (χ3v) is 0.946. The number of hydrogen-bond acceptors (Lipinski definition) is 4. The minimum absolute atomic E-state index is 0.563. The molecule has 0 aromatic rings. The Morgan fingerprint density at radius 1 is 1.60 bits per heavy atom. The molecule has 4 heteroatoms. The van der Waals surface area contributed by atoms with Gasteiger partial charge >= 0.3 is 0 Å². The number of rotatable bonds is 5. The van der Waals surface area contributed by atoms with Crippen LogP contribution >= 0.6 is 0 Å². The van der Waals surface area contributed by atoms with Gasteiger partial charge in [-0.1, -0.05) is 0 Å². The van der Waals surface area contributed by atoms with Crippen LogP contribution in [0.4, 0.5) is 0 Å². The van der Waals surface area contributed by atoms with E-state index in [0.29, 0.717) is 6.54 Å². The molecule has 10 heavy (non-hydrogen) atoms. The van der Waals surface area contributed by atoms with Crippen molar-refractivity contribution in [2.24, 2.45) is 0 Å². The zero-order chi connectivity index (χ0) is 7.82. The average Bonchev–Trinajstić information content (AvgIpc) is 1.98. The molecule has 0 atom stereocenters. The largest absolute Gasteiger partial charge is 0.412 e. The first-order valence-corrected chi connectivity index (χ1v) is 3.09. The van der Waals surface area contributed by atoms with Gasteiger partial charge in [-0.15, -0.1) is 0 Å². The van der Waals surface area contributed by atoms with Crippen molar-refractivity contribution < 1.29 is 9.68 Å². The van der Waals surface area contributed by atoms with Gasteiger partial charge in [0.1, 0.15) is 5.76 Å². The van der Waals surface area contributed by atoms with Crippen molar-refractivity contribution >= 4 is 0 Å². The summed E-state index contributed by atoms with van der Waals surface area (Å²) in [6.07, 6.45) is 1.85. The topological polar surface area (TPSA) is 42.5 Å². The molecular weight excluding hydrogens is 132 g/mol. The first-order valence-electron chi connectivity index (χ1n) is 3.09. The predicted octanol–water partition coefficient (Wildman–Crippen LogP) is 0.192. The van der Waals surface area contributed by atoms with E-state index in [-0.39, 0.29) is 0 Å². The van der Waals surface area contributed by atoms with Crippen molar-refractivity contribution in [1.82, 2.24) is 11.0 Å². The molecule has 0 radical (unpaired) electrons. The number of hydroxylamine groups is 2. The summed E-state index contributed by atoms with van der Waals surface area (Å²) >= 11 is 0. The lowest BCUT2D eigenvalue weighted by molar-refractivity contribution is 0.0630. The average molecular weight is 146 g/mol. The van der Waals surface area contributed by atoms with Crippen LogP contribution < -0.4 is 11.0 Å². The van der Waals surface area contributed by atoms with E-state index in [1.807, 2.05) is 13.0 Å². The monoisotopic (exact) mass is 146 g/mol. The summed E-state index contributed by atoms with van der Waals surface area (Å²) in [6, 6.07) is 0. The second kappa shape index (κ2) is 6.54. The second-order valence-electron chi connectivity index (χ2n) is 1.59. The Morgan fingerprint density at radius 3 is 2.70 bits per heavy atom. The molecule has 0 saturated carbocycles. The van der Waals surface area contributed by atoms with E-state index in [9.17, 15) is 0 Å². The van der Waals surface area contributed by atoms with Crippen LogP contribution in [0.15, 0.2) is 11.8 Å². The van der Waals surface area contributed by atoms with E-state index in [0.717, 1.165) is 5.76 Å². The molecule has 4 nitrogen and oxygen atoms in total. The SMILES string of the molecule is C/C=C(/CNOC)ONC. The summed E-state index contributed by atoms with van der Waals surface area (Å²) in [4.78, 5) is 9.58. The van der Waals surface area contributed by atoms with Gasteiger partial charge in [-0.25, -0.2) is 0 Å². The zero-order valence-electron chi connectivity index (χ0n) is 6.60. The van der Waals surface area contributed by atoms with Crippen molar-refractivity contribution in [3.63, 3.8) is 0 Å². The van der Waals surface area contributed by atoms with Gasteiger partial charge in [0.15, 0.2) is 0 Å². The van der Waals surface area contributed by atoms with Crippen molar-refractivity contribution in [3.8, 4) is 0 Å². The molecule has 0 saturated heterocycles. The smallest absolute Gasteiger partial charge is 0.136 e. The maximum absolute atomic E-state index is 4.96. The van der Waals surface area contributed by atoms with Crippen LogP contribution in [0, 0.1) is 0 Å². The molecule has 60 valence electrons. The summed E-state index contributed by atoms with van der Waals surface area (Å²) < 4.78 is 0. The predicted molar refractivity (Wildman–Crippen MR) is 38.9 cm³/mol. The van der Waals surface area contributed by atoms with E-state index in [4.69, 9.17) is 4.84 Å². The highest BCUT2D eigenvalue weighted by atomic mass is 16.7. The second-order valence-corrected chi connectivity index (χ2v) is 1.59. The van der Waals surface area contributed by atoms with Crippen LogP contribution in [0.5, 0.6) is 0 Å². The fourth-order valence-electron chi connectivity index (χ4n) is 0.471. The standard InChI is InChI=1S/C6H14N2O2/c1-4-6(10-7-2)5-8-9-3/h4,7-8H,5H2,1-3H3/b6-4-. The lowest BCUT2D eigenvalue weighted by Gasteiger charge is -2.06. The molecule has 0 bridgehead atoms. The van der Waals surface area contributed by atoms with Crippen molar-refractivity contribution in [3.05, 3.63) is 11.8 Å². The highest BCUT2D eigenvalue weighted by molar-refractivity contribution is 4.90. The Balaban J connectivity index is 3.41. The van der Waals surface area contributed by atoms with E-state index in [1.54, 1.807) is 14.2 Å². The van der Waals surface area contributed by atoms with Gasteiger partial charge in [0, 0.05) is 7.05 Å². The van der Waals surface area contributed by atoms with E-state index < -0.39 is 0 Å². The molecule has 0 amide bonds. The maximum atomic E-state index is 4.96. The zero-order valence-corrected chi connectivity index (χ0v) is 6.60. The number of allylic oxidation sites excluding steroid dienone is 1. The lowest BCUT2D eigenvalue weighted by Crippen LogP contribution is -2.19. The van der Waals surface area contributed by atoms with Crippen LogP contribution in [-0.4, -0.2) is 20.7 Å². The molecule has 0 aliphatic rings. The Bertz CT molecular complexity index is 104. The molecule has 0 aliphatic heterocycles. The molecule has 0 spiro atoms. The van der Waals surface area contributed by atoms with Gasteiger partial charge in [0.25, 0.3) is 0 Å². The van der Waals surface area contributed by atoms with Crippen LogP contribution in [0.1, 0.15) is 6.92 Å². The van der Waals surface area contributed by atoms with Crippen LogP contribution in [0.3, 0.4) is 0 Å². The third-order valence-electron chi connectivity index (χ3n) is 0.946. The van der Waals surface area contributed by atoms with Crippen LogP contribution in [0.25, 0.3) is 0 Å². The van der Waals surface area contributed by atoms with Crippen molar-refractivity contribution in [2.45, 2.75) is 6.92 Å². The molecule has 0 aromatic carbocycles. The van der Waals surface area contributed by atoms with Gasteiger partial charge in [0.2, 0.25) is 0 Å². The highest BCUT2D eigenvalue weighted by Gasteiger charge is 1.92. The first kappa shape index (κ1) is 9.42. The number of hydrogen-bond donors (Lipinski definition) is 2. The first-order chi connectivity index (χ1) is 4.85. The van der Waals surface area contributed by atoms with Crippen LogP contribution in [-0.2, 0) is 9.68 Å². The van der Waals surface area contributed by atoms with Crippen molar-refractivity contribution in [1.29, 1.82) is 0 Å². The van der Waals surface area contributed by atoms with Crippen LogP contribution in [0.2, 0.25) is 0 Å². The maximum Gasteiger partial charge on any atom is 0.136 e. The molecular formula is C6H14N2O2. The van der Waals surface area contributed by atoms with Crippen molar-refractivity contribution in [2.75, 3.05) is 20.7 Å². The Morgan fingerprint density at radius 2 is 2.30 bits per heavy atom. The lowest BCUT2D eigenvalue weighted by atomic mass is 10.5. The molecule has 2 N–H and O–H groups in total. The quantitative estimate of drug-likeness (QED) is 0.429. The number of nitrogens with one attached hydrogen (secondary N) is 2. The van der Waals surface area contributed by atoms with E-state index in [1.165, 1.54) is 0 Å². The van der Waals surface area contributed by atoms with E-state index in [2.05, 4.69) is 15.8 Å². The Labute approximate surface area is 61.1 Å². The van der Waals surface area contributed by atoms with Gasteiger partial charge in [-0.2, -0.15) is 11.0 Å². The Kier molecular flexibility index (Phi) is 6.16. The molecule has 0 rings (SSSR count). The minimum atomic E-state index is 0.563. The fourth-order valence-corrected chi connectivity index (χ4v) is 0.471. The molecule has 0 unspecified atom stereocenters. The van der Waals surface area contributed by atoms with Gasteiger partial charge < -0.3 is 9.68 Å². The van der Waals surface area contributed by atoms with E-state index >= 15 is 0 Å². The summed E-state index contributed by atoms with van der Waals surface area (Å²) in [5.41, 5.74) is 5.21. The summed E-state index contributed by atoms with van der Waals surface area (Å²) in [5.74, 6) is 0.796. The summed E-state index contributed by atoms with van der Waals surface area (Å²) in [5, 5.41) is 0. The van der Waals surface area contributed by atoms with Gasteiger partial charge in [0.05, 0.1) is 13.7 Å². The molecule has 0 heterocycles. The normalized spacial score (nSPS) is 11.7. The summed E-state index contributed by atoms with van der Waals surface area (Å²) in [6.45, 7) is 2.46. The third kappa shape index (κ3) is 4.31. The summed E-state index contributed by atoms with van der Waals surface area (Å²) in [7, 11) is 3.27. The minimum Gasteiger partial charge on any atom is -0.412 e. The molecule has 0 fully saturated rings. The Hall–Kier alpha value is -0.580. The molecule has 0 aromatic heterocycles. The fraction of sp³-hybridized carbons (Fsp3) is 0.667. The highest BCUT2D eigenvalue weighted by Crippen LogP contribution is 1.90. The van der Waals surface area contributed by atoms with Gasteiger partial charge in [-0.3, -0.25) is 0 Å². The molecule has 0 aliphatic carbocycles.